The van der Waals surface area contributed by atoms with Crippen molar-refractivity contribution in [1.82, 2.24) is 14.9 Å². The monoisotopic (exact) mass is 293 g/mol. The predicted octanol–water partition coefficient (Wildman–Crippen LogP) is 2.72. The van der Waals surface area contributed by atoms with Crippen LogP contribution in [0.2, 0.25) is 0 Å². The summed E-state index contributed by atoms with van der Waals surface area (Å²) in [6.45, 7) is 3.88. The lowest BCUT2D eigenvalue weighted by molar-refractivity contribution is 0.737. The van der Waals surface area contributed by atoms with Gasteiger partial charge in [-0.1, -0.05) is 0 Å². The van der Waals surface area contributed by atoms with Crippen LogP contribution >= 0.6 is 15.9 Å². The van der Waals surface area contributed by atoms with Crippen LogP contribution in [-0.4, -0.2) is 16.6 Å². The summed E-state index contributed by atoms with van der Waals surface area (Å²) in [5.41, 5.74) is 3.71. The molecule has 3 nitrogen and oxygen atoms in total. The van der Waals surface area contributed by atoms with Crippen LogP contribution in [0.15, 0.2) is 35.1 Å². The minimum Gasteiger partial charge on any atom is -0.345 e. The molecule has 0 amide bonds. The molecule has 0 radical (unpaired) electrons. The number of nitrogens with one attached hydrogen (secondary N) is 1. The van der Waals surface area contributed by atoms with Crippen LogP contribution in [0, 0.1) is 6.92 Å². The van der Waals surface area contributed by atoms with E-state index in [2.05, 4.69) is 50.0 Å². The zero-order valence-electron chi connectivity index (χ0n) is 10.1. The van der Waals surface area contributed by atoms with Gasteiger partial charge in [-0.25, -0.2) is 0 Å². The molecule has 2 heterocycles. The van der Waals surface area contributed by atoms with Crippen LogP contribution < -0.4 is 5.32 Å². The van der Waals surface area contributed by atoms with E-state index < -0.39 is 0 Å². The Morgan fingerprint density at radius 2 is 2.18 bits per heavy atom. The van der Waals surface area contributed by atoms with Crippen LogP contribution in [0.1, 0.15) is 17.0 Å². The fraction of sp³-hybridized carbons (Fsp3) is 0.308. The number of hydrogen-bond donors (Lipinski definition) is 1. The van der Waals surface area contributed by atoms with Crippen LogP contribution in [0.3, 0.4) is 0 Å². The van der Waals surface area contributed by atoms with E-state index in [9.17, 15) is 0 Å². The molecule has 17 heavy (non-hydrogen) atoms. The van der Waals surface area contributed by atoms with Gasteiger partial charge in [-0.2, -0.15) is 0 Å². The summed E-state index contributed by atoms with van der Waals surface area (Å²) in [6.07, 6.45) is 3.95. The number of halogens is 1. The highest BCUT2D eigenvalue weighted by atomic mass is 79.9. The highest BCUT2D eigenvalue weighted by molar-refractivity contribution is 9.10. The highest BCUT2D eigenvalue weighted by Crippen LogP contribution is 2.13. The van der Waals surface area contributed by atoms with Crippen molar-refractivity contribution in [3.63, 3.8) is 0 Å². The lowest BCUT2D eigenvalue weighted by Crippen LogP contribution is -2.07. The van der Waals surface area contributed by atoms with Gasteiger partial charge < -0.3 is 9.88 Å². The van der Waals surface area contributed by atoms with Gasteiger partial charge >= 0.3 is 0 Å². The summed E-state index contributed by atoms with van der Waals surface area (Å²) in [5.74, 6) is 0. The lowest BCUT2D eigenvalue weighted by Gasteiger charge is -2.07. The van der Waals surface area contributed by atoms with E-state index in [1.807, 2.05) is 25.4 Å². The number of rotatable bonds is 4. The molecule has 0 atom stereocenters. The summed E-state index contributed by atoms with van der Waals surface area (Å²) in [7, 11) is 1.97. The van der Waals surface area contributed by atoms with E-state index in [1.54, 1.807) is 0 Å². The topological polar surface area (TPSA) is 29.9 Å². The van der Waals surface area contributed by atoms with E-state index in [0.29, 0.717) is 0 Å². The molecule has 0 aliphatic rings. The van der Waals surface area contributed by atoms with E-state index in [4.69, 9.17) is 0 Å². The maximum absolute atomic E-state index is 4.39. The van der Waals surface area contributed by atoms with Crippen LogP contribution in [-0.2, 0) is 13.1 Å². The normalized spacial score (nSPS) is 10.8. The van der Waals surface area contributed by atoms with Crippen LogP contribution in [0.25, 0.3) is 0 Å². The molecule has 0 aliphatic heterocycles. The van der Waals surface area contributed by atoms with Gasteiger partial charge in [0.15, 0.2) is 0 Å². The van der Waals surface area contributed by atoms with Crippen molar-refractivity contribution >= 4 is 15.9 Å². The molecule has 90 valence electrons. The maximum Gasteiger partial charge on any atom is 0.0645 e. The number of aromatic nitrogens is 2. The Balaban J connectivity index is 2.16. The van der Waals surface area contributed by atoms with Gasteiger partial charge in [0.2, 0.25) is 0 Å². The Hall–Kier alpha value is -1.13. The van der Waals surface area contributed by atoms with Gasteiger partial charge in [0.05, 0.1) is 12.2 Å². The average Bonchev–Trinajstić information content (AvgIpc) is 2.65. The first-order valence-corrected chi connectivity index (χ1v) is 6.39. The molecule has 0 saturated carbocycles. The van der Waals surface area contributed by atoms with Gasteiger partial charge in [-0.15, -0.1) is 0 Å². The zero-order valence-corrected chi connectivity index (χ0v) is 11.7. The molecule has 0 bridgehead atoms. The Morgan fingerprint density at radius 3 is 2.82 bits per heavy atom. The van der Waals surface area contributed by atoms with Crippen molar-refractivity contribution in [2.75, 3.05) is 7.05 Å². The molecule has 1 N–H and O–H groups in total. The molecule has 0 aromatic carbocycles. The molecule has 0 aliphatic carbocycles. The first-order valence-electron chi connectivity index (χ1n) is 5.60. The van der Waals surface area contributed by atoms with E-state index in [1.165, 1.54) is 11.3 Å². The molecular weight excluding hydrogens is 278 g/mol. The van der Waals surface area contributed by atoms with Crippen molar-refractivity contribution in [2.24, 2.45) is 0 Å². The Bertz CT molecular complexity index is 488. The zero-order chi connectivity index (χ0) is 12.3. The standard InChI is InChI=1S/C13H16BrN3/c1-10-11(7-15-2)5-6-17(10)9-13-4-3-12(14)8-16-13/h3-6,8,15H,7,9H2,1-2H3. The second kappa shape index (κ2) is 5.47. The van der Waals surface area contributed by atoms with Gasteiger partial charge in [0.25, 0.3) is 0 Å². The molecule has 2 aromatic heterocycles. The summed E-state index contributed by atoms with van der Waals surface area (Å²) in [5, 5.41) is 3.17. The molecule has 0 saturated heterocycles. The van der Waals surface area contributed by atoms with Crippen molar-refractivity contribution in [3.8, 4) is 0 Å². The second-order valence-corrected chi connectivity index (χ2v) is 4.97. The quantitative estimate of drug-likeness (QED) is 0.939. The Kier molecular flexibility index (Phi) is 3.97. The van der Waals surface area contributed by atoms with Crippen molar-refractivity contribution in [3.05, 3.63) is 52.0 Å². The molecular formula is C13H16BrN3. The Labute approximate surface area is 110 Å². The molecule has 0 unspecified atom stereocenters. The van der Waals surface area contributed by atoms with Gasteiger partial charge in [-0.05, 0) is 53.7 Å². The fourth-order valence-corrected chi connectivity index (χ4v) is 2.05. The van der Waals surface area contributed by atoms with Crippen molar-refractivity contribution < 1.29 is 0 Å². The second-order valence-electron chi connectivity index (χ2n) is 4.05. The van der Waals surface area contributed by atoms with Gasteiger partial charge in [0.1, 0.15) is 0 Å². The third-order valence-electron chi connectivity index (χ3n) is 2.84. The molecule has 0 spiro atoms. The lowest BCUT2D eigenvalue weighted by atomic mass is 10.2. The van der Waals surface area contributed by atoms with E-state index >= 15 is 0 Å². The van der Waals surface area contributed by atoms with E-state index in [-0.39, 0.29) is 0 Å². The minimum absolute atomic E-state index is 0.822. The van der Waals surface area contributed by atoms with Crippen molar-refractivity contribution in [2.45, 2.75) is 20.0 Å². The number of pyridine rings is 1. The van der Waals surface area contributed by atoms with Gasteiger partial charge in [0, 0.05) is 29.1 Å². The highest BCUT2D eigenvalue weighted by Gasteiger charge is 2.04. The fourth-order valence-electron chi connectivity index (χ4n) is 1.82. The number of hydrogen-bond acceptors (Lipinski definition) is 2. The summed E-state index contributed by atoms with van der Waals surface area (Å²) in [6, 6.07) is 6.22. The molecule has 2 rings (SSSR count). The molecule has 2 aromatic rings. The Morgan fingerprint density at radius 1 is 1.35 bits per heavy atom. The summed E-state index contributed by atoms with van der Waals surface area (Å²) < 4.78 is 3.24. The maximum atomic E-state index is 4.39. The summed E-state index contributed by atoms with van der Waals surface area (Å²) >= 11 is 3.39. The van der Waals surface area contributed by atoms with Crippen LogP contribution in [0.5, 0.6) is 0 Å². The minimum atomic E-state index is 0.822. The predicted molar refractivity (Wildman–Crippen MR) is 73.0 cm³/mol. The van der Waals surface area contributed by atoms with Crippen molar-refractivity contribution in [1.29, 1.82) is 0 Å². The van der Waals surface area contributed by atoms with Crippen LogP contribution in [0.4, 0.5) is 0 Å². The SMILES string of the molecule is CNCc1ccn(Cc2ccc(Br)cn2)c1C. The smallest absolute Gasteiger partial charge is 0.0645 e. The molecule has 0 fully saturated rings. The van der Waals surface area contributed by atoms with Gasteiger partial charge in [-0.3, -0.25) is 4.98 Å². The largest absolute Gasteiger partial charge is 0.345 e. The first-order chi connectivity index (χ1) is 8.20. The first kappa shape index (κ1) is 12.3. The third-order valence-corrected chi connectivity index (χ3v) is 3.31. The molecule has 4 heteroatoms. The number of nitrogens with zero attached hydrogens (tertiary/aromatic N) is 2. The third kappa shape index (κ3) is 2.96. The summed E-state index contributed by atoms with van der Waals surface area (Å²) in [4.78, 5) is 4.39. The van der Waals surface area contributed by atoms with E-state index in [0.717, 1.165) is 23.3 Å². The average molecular weight is 294 g/mol.